The summed E-state index contributed by atoms with van der Waals surface area (Å²) in [6.07, 6.45) is 0. The Balaban J connectivity index is 3.01. The van der Waals surface area contributed by atoms with Gasteiger partial charge in [-0.2, -0.15) is 0 Å². The average molecular weight is 186 g/mol. The van der Waals surface area contributed by atoms with Gasteiger partial charge in [0.25, 0.3) is 0 Å². The van der Waals surface area contributed by atoms with Crippen LogP contribution in [0, 0.1) is 20.8 Å². The number of hydrogen-bond acceptors (Lipinski definition) is 1. The molecule has 2 aromatic rings. The molecule has 2 rings (SSSR count). The molecule has 1 N–H and O–H groups in total. The summed E-state index contributed by atoms with van der Waals surface area (Å²) in [5.41, 5.74) is 3.75. The number of rotatable bonds is 0. The van der Waals surface area contributed by atoms with Crippen molar-refractivity contribution in [1.82, 2.24) is 0 Å². The van der Waals surface area contributed by atoms with Crippen LogP contribution in [-0.4, -0.2) is 5.11 Å². The number of phenolic OH excluding ortho intramolecular Hbond substituents is 1. The number of benzene rings is 2. The van der Waals surface area contributed by atoms with Crippen LogP contribution in [0.3, 0.4) is 0 Å². The van der Waals surface area contributed by atoms with E-state index >= 15 is 0 Å². The molecule has 0 fully saturated rings. The van der Waals surface area contributed by atoms with Crippen LogP contribution < -0.4 is 0 Å². The zero-order chi connectivity index (χ0) is 10.3. The van der Waals surface area contributed by atoms with E-state index in [2.05, 4.69) is 26.8 Å². The van der Waals surface area contributed by atoms with Crippen molar-refractivity contribution in [3.05, 3.63) is 41.0 Å². The zero-order valence-electron chi connectivity index (χ0n) is 8.76. The highest BCUT2D eigenvalue weighted by atomic mass is 16.3. The minimum atomic E-state index is 0.369. The number of phenols is 1. The number of aryl methyl sites for hydroxylation is 3. The summed E-state index contributed by atoms with van der Waals surface area (Å²) in [5, 5.41) is 11.8. The lowest BCUT2D eigenvalue weighted by atomic mass is 9.97. The van der Waals surface area contributed by atoms with Gasteiger partial charge in [0, 0.05) is 5.39 Å². The summed E-state index contributed by atoms with van der Waals surface area (Å²) in [6, 6.07) is 7.76. The van der Waals surface area contributed by atoms with E-state index in [-0.39, 0.29) is 0 Å². The van der Waals surface area contributed by atoms with Crippen molar-refractivity contribution in [3.8, 4) is 5.75 Å². The first-order valence-electron chi connectivity index (χ1n) is 4.79. The van der Waals surface area contributed by atoms with Crippen LogP contribution in [-0.2, 0) is 0 Å². The van der Waals surface area contributed by atoms with Gasteiger partial charge in [0.15, 0.2) is 0 Å². The minimum Gasteiger partial charge on any atom is -0.507 e. The predicted octanol–water partition coefficient (Wildman–Crippen LogP) is 3.47. The summed E-state index contributed by atoms with van der Waals surface area (Å²) in [5.74, 6) is 0.369. The van der Waals surface area contributed by atoms with Crippen molar-refractivity contribution < 1.29 is 5.11 Å². The highest BCUT2D eigenvalue weighted by Gasteiger charge is 2.06. The van der Waals surface area contributed by atoms with Crippen molar-refractivity contribution in [2.24, 2.45) is 0 Å². The quantitative estimate of drug-likeness (QED) is 0.668. The van der Waals surface area contributed by atoms with Gasteiger partial charge in [0.1, 0.15) is 5.75 Å². The highest BCUT2D eigenvalue weighted by molar-refractivity contribution is 5.93. The maximum absolute atomic E-state index is 9.71. The molecule has 0 saturated heterocycles. The van der Waals surface area contributed by atoms with Crippen LogP contribution >= 0.6 is 0 Å². The molecule has 0 aromatic heterocycles. The molecule has 0 amide bonds. The molecule has 72 valence electrons. The Hall–Kier alpha value is -1.50. The lowest BCUT2D eigenvalue weighted by Gasteiger charge is -2.09. The predicted molar refractivity (Wildman–Crippen MR) is 59.8 cm³/mol. The first-order chi connectivity index (χ1) is 6.61. The van der Waals surface area contributed by atoms with Gasteiger partial charge >= 0.3 is 0 Å². The van der Waals surface area contributed by atoms with Crippen molar-refractivity contribution in [3.63, 3.8) is 0 Å². The number of hydrogen-bond donors (Lipinski definition) is 1. The van der Waals surface area contributed by atoms with E-state index in [1.807, 2.05) is 12.1 Å². The van der Waals surface area contributed by atoms with Crippen molar-refractivity contribution >= 4 is 10.8 Å². The van der Waals surface area contributed by atoms with E-state index in [0.717, 1.165) is 5.39 Å². The molecule has 0 spiro atoms. The second-order valence-electron chi connectivity index (χ2n) is 3.83. The van der Waals surface area contributed by atoms with Crippen molar-refractivity contribution in [2.75, 3.05) is 0 Å². The molecule has 0 heterocycles. The molecular formula is C13H14O. The SMILES string of the molecule is Cc1ccc2c(O)ccc(C)c2c1C. The van der Waals surface area contributed by atoms with Crippen LogP contribution in [0.5, 0.6) is 5.75 Å². The van der Waals surface area contributed by atoms with Crippen LogP contribution in [0.2, 0.25) is 0 Å². The molecule has 14 heavy (non-hydrogen) atoms. The van der Waals surface area contributed by atoms with Gasteiger partial charge < -0.3 is 5.11 Å². The Kier molecular flexibility index (Phi) is 1.95. The molecule has 0 bridgehead atoms. The largest absolute Gasteiger partial charge is 0.507 e. The molecule has 1 heteroatoms. The summed E-state index contributed by atoms with van der Waals surface area (Å²) in [6.45, 7) is 6.27. The molecule has 0 aliphatic carbocycles. The van der Waals surface area contributed by atoms with Gasteiger partial charge in [-0.25, -0.2) is 0 Å². The molecular weight excluding hydrogens is 172 g/mol. The van der Waals surface area contributed by atoms with E-state index in [1.165, 1.54) is 22.1 Å². The second kappa shape index (κ2) is 3.02. The van der Waals surface area contributed by atoms with Crippen molar-refractivity contribution in [1.29, 1.82) is 0 Å². The van der Waals surface area contributed by atoms with Crippen molar-refractivity contribution in [2.45, 2.75) is 20.8 Å². The average Bonchev–Trinajstić information content (AvgIpc) is 2.16. The van der Waals surface area contributed by atoms with Crippen LogP contribution in [0.4, 0.5) is 0 Å². The Morgan fingerprint density at radius 3 is 2.21 bits per heavy atom. The van der Waals surface area contributed by atoms with E-state index in [1.54, 1.807) is 6.07 Å². The van der Waals surface area contributed by atoms with Gasteiger partial charge in [-0.1, -0.05) is 18.2 Å². The molecule has 0 atom stereocenters. The van der Waals surface area contributed by atoms with Crippen LogP contribution in [0.1, 0.15) is 16.7 Å². The number of aromatic hydroxyl groups is 1. The fourth-order valence-electron chi connectivity index (χ4n) is 1.91. The minimum absolute atomic E-state index is 0.369. The third kappa shape index (κ3) is 1.17. The third-order valence-corrected chi connectivity index (χ3v) is 2.90. The van der Waals surface area contributed by atoms with Gasteiger partial charge in [0.05, 0.1) is 0 Å². The topological polar surface area (TPSA) is 20.2 Å². The first kappa shape index (κ1) is 9.07. The smallest absolute Gasteiger partial charge is 0.123 e. The van der Waals surface area contributed by atoms with Crippen LogP contribution in [0.25, 0.3) is 10.8 Å². The Labute approximate surface area is 84.0 Å². The summed E-state index contributed by atoms with van der Waals surface area (Å²) in [4.78, 5) is 0. The maximum Gasteiger partial charge on any atom is 0.123 e. The molecule has 0 unspecified atom stereocenters. The molecule has 0 aliphatic rings. The fraction of sp³-hybridized carbons (Fsp3) is 0.231. The Bertz CT molecular complexity index is 498. The Morgan fingerprint density at radius 1 is 0.857 bits per heavy atom. The normalized spacial score (nSPS) is 10.8. The first-order valence-corrected chi connectivity index (χ1v) is 4.79. The maximum atomic E-state index is 9.71. The fourth-order valence-corrected chi connectivity index (χ4v) is 1.91. The standard InChI is InChI=1S/C13H14O/c1-8-4-6-11-12(14)7-5-9(2)13(11)10(8)3/h4-7,14H,1-3H3. The number of fused-ring (bicyclic) bond motifs is 1. The summed E-state index contributed by atoms with van der Waals surface area (Å²) < 4.78 is 0. The zero-order valence-corrected chi connectivity index (χ0v) is 8.76. The van der Waals surface area contributed by atoms with E-state index in [0.29, 0.717) is 5.75 Å². The van der Waals surface area contributed by atoms with Crippen LogP contribution in [0.15, 0.2) is 24.3 Å². The van der Waals surface area contributed by atoms with Gasteiger partial charge in [-0.15, -0.1) is 0 Å². The van der Waals surface area contributed by atoms with Gasteiger partial charge in [-0.05, 0) is 48.9 Å². The lowest BCUT2D eigenvalue weighted by Crippen LogP contribution is -1.87. The van der Waals surface area contributed by atoms with E-state index in [4.69, 9.17) is 0 Å². The molecule has 0 radical (unpaired) electrons. The highest BCUT2D eigenvalue weighted by Crippen LogP contribution is 2.30. The third-order valence-electron chi connectivity index (χ3n) is 2.90. The molecule has 1 nitrogen and oxygen atoms in total. The second-order valence-corrected chi connectivity index (χ2v) is 3.83. The monoisotopic (exact) mass is 186 g/mol. The Morgan fingerprint density at radius 2 is 1.50 bits per heavy atom. The van der Waals surface area contributed by atoms with Gasteiger partial charge in [0.2, 0.25) is 0 Å². The summed E-state index contributed by atoms with van der Waals surface area (Å²) in [7, 11) is 0. The molecule has 0 saturated carbocycles. The van der Waals surface area contributed by atoms with E-state index in [9.17, 15) is 5.11 Å². The van der Waals surface area contributed by atoms with Gasteiger partial charge in [-0.3, -0.25) is 0 Å². The van der Waals surface area contributed by atoms with E-state index < -0.39 is 0 Å². The summed E-state index contributed by atoms with van der Waals surface area (Å²) >= 11 is 0. The molecule has 2 aromatic carbocycles. The molecule has 0 aliphatic heterocycles. The lowest BCUT2D eigenvalue weighted by molar-refractivity contribution is 0.481.